The molecule has 0 aliphatic carbocycles. The first kappa shape index (κ1) is 17.4. The maximum Gasteiger partial charge on any atom is 0.183 e. The number of fused-ring (bicyclic) bond motifs is 1. The summed E-state index contributed by atoms with van der Waals surface area (Å²) in [6.07, 6.45) is 1.82. The van der Waals surface area contributed by atoms with Crippen molar-refractivity contribution in [1.29, 1.82) is 0 Å². The molecule has 0 amide bonds. The minimum absolute atomic E-state index is 0.151. The van der Waals surface area contributed by atoms with Gasteiger partial charge in [0.05, 0.1) is 16.4 Å². The Morgan fingerprint density at radius 3 is 2.28 bits per heavy atom. The highest BCUT2D eigenvalue weighted by molar-refractivity contribution is 6.30. The van der Waals surface area contributed by atoms with Gasteiger partial charge in [0, 0.05) is 31.4 Å². The van der Waals surface area contributed by atoms with Crippen molar-refractivity contribution >= 4 is 34.4 Å². The predicted molar refractivity (Wildman–Crippen MR) is 104 cm³/mol. The van der Waals surface area contributed by atoms with Gasteiger partial charge in [0.2, 0.25) is 0 Å². The summed E-state index contributed by atoms with van der Waals surface area (Å²) < 4.78 is 1.89. The average molecular weight is 356 g/mol. The summed E-state index contributed by atoms with van der Waals surface area (Å²) in [6.45, 7) is 6.34. The van der Waals surface area contributed by atoms with Gasteiger partial charge in [-0.05, 0) is 36.4 Å². The highest BCUT2D eigenvalue weighted by Crippen LogP contribution is 2.33. The monoisotopic (exact) mass is 355 g/mol. The third-order valence-electron chi connectivity index (χ3n) is 3.89. The number of nitrogens with zero attached hydrogens (tertiary/aromatic N) is 5. The van der Waals surface area contributed by atoms with E-state index in [9.17, 15) is 0 Å². The number of pyridine rings is 1. The Labute approximate surface area is 153 Å². The predicted octanol–water partition coefficient (Wildman–Crippen LogP) is 5.77. The summed E-state index contributed by atoms with van der Waals surface area (Å²) >= 11 is 6.15. The zero-order valence-corrected chi connectivity index (χ0v) is 15.9. The van der Waals surface area contributed by atoms with E-state index in [2.05, 4.69) is 31.0 Å². The number of hydrogen-bond donors (Lipinski definition) is 0. The summed E-state index contributed by atoms with van der Waals surface area (Å²) in [6, 6.07) is 11.7. The van der Waals surface area contributed by atoms with E-state index in [0.29, 0.717) is 10.8 Å². The molecule has 2 heterocycles. The van der Waals surface area contributed by atoms with Gasteiger partial charge < -0.3 is 4.90 Å². The number of halogens is 1. The summed E-state index contributed by atoms with van der Waals surface area (Å²) in [7, 11) is 4.02. The van der Waals surface area contributed by atoms with E-state index in [1.54, 1.807) is 0 Å². The average Bonchev–Trinajstić information content (AvgIpc) is 2.91. The lowest BCUT2D eigenvalue weighted by atomic mass is 9.92. The van der Waals surface area contributed by atoms with Crippen LogP contribution in [-0.4, -0.2) is 23.5 Å². The number of hydrogen-bond acceptors (Lipinski definition) is 4. The maximum atomic E-state index is 6.15. The first-order valence-corrected chi connectivity index (χ1v) is 8.51. The van der Waals surface area contributed by atoms with Crippen molar-refractivity contribution in [2.75, 3.05) is 19.0 Å². The van der Waals surface area contributed by atoms with Gasteiger partial charge in [0.1, 0.15) is 5.65 Å². The van der Waals surface area contributed by atoms with E-state index >= 15 is 0 Å². The van der Waals surface area contributed by atoms with Crippen LogP contribution < -0.4 is 4.90 Å². The van der Waals surface area contributed by atoms with E-state index in [-0.39, 0.29) is 5.41 Å². The maximum absolute atomic E-state index is 6.15. The molecule has 0 saturated heterocycles. The molecule has 5 nitrogen and oxygen atoms in total. The Bertz CT molecular complexity index is 917. The van der Waals surface area contributed by atoms with Gasteiger partial charge in [-0.25, -0.2) is 4.98 Å². The summed E-state index contributed by atoms with van der Waals surface area (Å²) in [5, 5.41) is 9.54. The van der Waals surface area contributed by atoms with Crippen LogP contribution in [0.1, 0.15) is 26.5 Å². The second-order valence-electron chi connectivity index (χ2n) is 7.22. The van der Waals surface area contributed by atoms with Crippen LogP contribution >= 0.6 is 11.6 Å². The standard InChI is InChI=1S/C19H22ClN5/c1-19(2,3)17-18(25-12-13(20)6-11-16(25)21-17)23-22-14-7-9-15(10-8-14)24(4)5/h6-12H,1-5H3. The third kappa shape index (κ3) is 3.66. The van der Waals surface area contributed by atoms with Crippen molar-refractivity contribution in [2.24, 2.45) is 10.2 Å². The lowest BCUT2D eigenvalue weighted by Gasteiger charge is -2.15. The largest absolute Gasteiger partial charge is 0.378 e. The fourth-order valence-corrected chi connectivity index (χ4v) is 2.69. The molecule has 130 valence electrons. The molecule has 0 aliphatic rings. The third-order valence-corrected chi connectivity index (χ3v) is 4.12. The molecule has 3 aromatic rings. The van der Waals surface area contributed by atoms with Gasteiger partial charge in [-0.2, -0.15) is 0 Å². The summed E-state index contributed by atoms with van der Waals surface area (Å²) in [4.78, 5) is 6.77. The lowest BCUT2D eigenvalue weighted by molar-refractivity contribution is 0.574. The molecular weight excluding hydrogens is 334 g/mol. The number of rotatable bonds is 3. The molecule has 1 aromatic carbocycles. The first-order valence-electron chi connectivity index (χ1n) is 8.13. The summed E-state index contributed by atoms with van der Waals surface area (Å²) in [5.74, 6) is 0.710. The second-order valence-corrected chi connectivity index (χ2v) is 7.66. The van der Waals surface area contributed by atoms with Crippen molar-refractivity contribution in [3.8, 4) is 0 Å². The normalized spacial score (nSPS) is 12.2. The SMILES string of the molecule is CN(C)c1ccc(N=Nc2c(C(C)(C)C)nc3ccc(Cl)cn23)cc1. The smallest absolute Gasteiger partial charge is 0.183 e. The fourth-order valence-electron chi connectivity index (χ4n) is 2.53. The molecule has 0 radical (unpaired) electrons. The first-order chi connectivity index (χ1) is 11.8. The van der Waals surface area contributed by atoms with Gasteiger partial charge in [0.15, 0.2) is 5.82 Å². The van der Waals surface area contributed by atoms with Crippen LogP contribution in [-0.2, 0) is 5.41 Å². The molecule has 2 aromatic heterocycles. The van der Waals surface area contributed by atoms with E-state index in [4.69, 9.17) is 16.6 Å². The Kier molecular flexibility index (Phi) is 4.52. The van der Waals surface area contributed by atoms with Crippen LogP contribution in [0.15, 0.2) is 52.8 Å². The van der Waals surface area contributed by atoms with Crippen LogP contribution in [0.2, 0.25) is 5.02 Å². The number of benzene rings is 1. The van der Waals surface area contributed by atoms with Crippen molar-refractivity contribution in [2.45, 2.75) is 26.2 Å². The molecule has 25 heavy (non-hydrogen) atoms. The van der Waals surface area contributed by atoms with Crippen LogP contribution in [0.5, 0.6) is 0 Å². The van der Waals surface area contributed by atoms with Crippen LogP contribution in [0, 0.1) is 0 Å². The molecule has 0 atom stereocenters. The van der Waals surface area contributed by atoms with Crippen LogP contribution in [0.3, 0.4) is 0 Å². The number of anilines is 1. The van der Waals surface area contributed by atoms with Crippen molar-refractivity contribution < 1.29 is 0 Å². The van der Waals surface area contributed by atoms with Crippen LogP contribution in [0.25, 0.3) is 5.65 Å². The molecule has 0 spiro atoms. The molecule has 3 rings (SSSR count). The minimum Gasteiger partial charge on any atom is -0.378 e. The molecular formula is C19H22ClN5. The van der Waals surface area contributed by atoms with Gasteiger partial charge in [0.25, 0.3) is 0 Å². The Balaban J connectivity index is 2.06. The Hall–Kier alpha value is -2.40. The topological polar surface area (TPSA) is 45.3 Å². The Morgan fingerprint density at radius 2 is 1.68 bits per heavy atom. The number of aromatic nitrogens is 2. The highest BCUT2D eigenvalue weighted by Gasteiger charge is 2.24. The second kappa shape index (κ2) is 6.48. The quantitative estimate of drug-likeness (QED) is 0.560. The molecule has 6 heteroatoms. The van der Waals surface area contributed by atoms with Crippen LogP contribution in [0.4, 0.5) is 17.2 Å². The zero-order chi connectivity index (χ0) is 18.2. The highest BCUT2D eigenvalue weighted by atomic mass is 35.5. The molecule has 0 aliphatic heterocycles. The van der Waals surface area contributed by atoms with E-state index in [1.165, 1.54) is 0 Å². The molecule has 0 unspecified atom stereocenters. The van der Waals surface area contributed by atoms with E-state index in [0.717, 1.165) is 22.7 Å². The molecule has 0 fully saturated rings. The molecule has 0 bridgehead atoms. The molecule has 0 N–H and O–H groups in total. The summed E-state index contributed by atoms with van der Waals surface area (Å²) in [5.41, 5.74) is 3.47. The van der Waals surface area contributed by atoms with Gasteiger partial charge in [-0.3, -0.25) is 4.40 Å². The number of imidazole rings is 1. The van der Waals surface area contributed by atoms with Crippen molar-refractivity contribution in [3.63, 3.8) is 0 Å². The fraction of sp³-hybridized carbons (Fsp3) is 0.316. The van der Waals surface area contributed by atoms with Crippen molar-refractivity contribution in [1.82, 2.24) is 9.38 Å². The van der Waals surface area contributed by atoms with E-state index < -0.39 is 0 Å². The Morgan fingerprint density at radius 1 is 1.00 bits per heavy atom. The minimum atomic E-state index is -0.151. The van der Waals surface area contributed by atoms with Gasteiger partial charge in [-0.1, -0.05) is 32.4 Å². The van der Waals surface area contributed by atoms with Gasteiger partial charge in [-0.15, -0.1) is 10.2 Å². The number of azo groups is 1. The zero-order valence-electron chi connectivity index (χ0n) is 15.2. The van der Waals surface area contributed by atoms with E-state index in [1.807, 2.05) is 66.0 Å². The molecule has 0 saturated carbocycles. The van der Waals surface area contributed by atoms with Crippen molar-refractivity contribution in [3.05, 3.63) is 53.3 Å². The van der Waals surface area contributed by atoms with Gasteiger partial charge >= 0.3 is 0 Å². The lowest BCUT2D eigenvalue weighted by Crippen LogP contribution is -2.11.